The Hall–Kier alpha value is -0.820. The monoisotopic (exact) mass is 339 g/mol. The van der Waals surface area contributed by atoms with E-state index in [1.165, 1.54) is 25.1 Å². The largest absolute Gasteiger partial charge is 0.480 e. The molecule has 112 valence electrons. The fourth-order valence-corrected chi connectivity index (χ4v) is 3.89. The van der Waals surface area contributed by atoms with Gasteiger partial charge in [-0.1, -0.05) is 36.5 Å². The van der Waals surface area contributed by atoms with Gasteiger partial charge in [-0.25, -0.2) is 8.42 Å². The van der Waals surface area contributed by atoms with E-state index < -0.39 is 21.5 Å². The molecular weight excluding hydrogens is 325 g/mol. The van der Waals surface area contributed by atoms with Crippen molar-refractivity contribution in [3.63, 3.8) is 0 Å². The predicted molar refractivity (Wildman–Crippen MR) is 77.7 cm³/mol. The number of sulfonamides is 1. The van der Waals surface area contributed by atoms with Crippen LogP contribution >= 0.6 is 23.2 Å². The standard InChI is InChI=1S/C12H15Cl2NO4S/c1-3-6-12(2,11(16)17)15-20(18,19)10-7-8(13)4-5-9(10)14/h4-5,7,15H,3,6H2,1-2H3,(H,16,17). The van der Waals surface area contributed by atoms with Gasteiger partial charge in [0.25, 0.3) is 0 Å². The molecular formula is C12H15Cl2NO4S. The van der Waals surface area contributed by atoms with Crippen molar-refractivity contribution in [2.75, 3.05) is 0 Å². The van der Waals surface area contributed by atoms with Gasteiger partial charge >= 0.3 is 5.97 Å². The summed E-state index contributed by atoms with van der Waals surface area (Å²) in [6, 6.07) is 3.97. The molecule has 20 heavy (non-hydrogen) atoms. The lowest BCUT2D eigenvalue weighted by Crippen LogP contribution is -2.51. The molecule has 0 amide bonds. The maximum absolute atomic E-state index is 12.3. The summed E-state index contributed by atoms with van der Waals surface area (Å²) in [5.74, 6) is -1.25. The third kappa shape index (κ3) is 3.85. The number of carboxylic acid groups (broad SMARTS) is 1. The van der Waals surface area contributed by atoms with E-state index in [1.54, 1.807) is 6.92 Å². The van der Waals surface area contributed by atoms with Crippen LogP contribution in [0.3, 0.4) is 0 Å². The number of carbonyl (C=O) groups is 1. The number of rotatable bonds is 6. The highest BCUT2D eigenvalue weighted by Crippen LogP contribution is 2.26. The number of halogens is 2. The molecule has 8 heteroatoms. The summed E-state index contributed by atoms with van der Waals surface area (Å²) in [6.45, 7) is 3.08. The Morgan fingerprint density at radius 3 is 2.50 bits per heavy atom. The van der Waals surface area contributed by atoms with Crippen molar-refractivity contribution in [2.24, 2.45) is 0 Å². The summed E-state index contributed by atoms with van der Waals surface area (Å²) in [5.41, 5.74) is -1.60. The van der Waals surface area contributed by atoms with Crippen LogP contribution in [0.1, 0.15) is 26.7 Å². The molecule has 1 aromatic rings. The second-order valence-electron chi connectivity index (χ2n) is 4.57. The van der Waals surface area contributed by atoms with E-state index in [2.05, 4.69) is 4.72 Å². The summed E-state index contributed by atoms with van der Waals surface area (Å²) >= 11 is 11.6. The number of benzene rings is 1. The molecule has 0 aromatic heterocycles. The number of hydrogen-bond donors (Lipinski definition) is 2. The minimum absolute atomic E-state index is 0.0221. The number of hydrogen-bond acceptors (Lipinski definition) is 3. The molecule has 0 bridgehead atoms. The molecule has 0 aliphatic rings. The summed E-state index contributed by atoms with van der Waals surface area (Å²) in [7, 11) is -4.09. The first kappa shape index (κ1) is 17.2. The van der Waals surface area contributed by atoms with Crippen molar-refractivity contribution in [3.05, 3.63) is 28.2 Å². The molecule has 1 unspecified atom stereocenters. The van der Waals surface area contributed by atoms with Crippen LogP contribution in [0.25, 0.3) is 0 Å². The lowest BCUT2D eigenvalue weighted by molar-refractivity contribution is -0.143. The Kier molecular flexibility index (Phi) is 5.43. The van der Waals surface area contributed by atoms with Crippen LogP contribution in [0.5, 0.6) is 0 Å². The third-order valence-electron chi connectivity index (χ3n) is 2.76. The SMILES string of the molecule is CCCC(C)(NS(=O)(=O)c1cc(Cl)ccc1Cl)C(=O)O. The normalized spacial score (nSPS) is 14.8. The van der Waals surface area contributed by atoms with Gasteiger partial charge in [-0.05, 0) is 31.5 Å². The Balaban J connectivity index is 3.23. The van der Waals surface area contributed by atoms with Crippen LogP contribution in [0.2, 0.25) is 10.0 Å². The third-order valence-corrected chi connectivity index (χ3v) is 5.08. The zero-order valence-electron chi connectivity index (χ0n) is 11.0. The molecule has 0 aliphatic heterocycles. The van der Waals surface area contributed by atoms with E-state index in [-0.39, 0.29) is 21.4 Å². The Morgan fingerprint density at radius 2 is 2.00 bits per heavy atom. The number of carboxylic acids is 1. The highest BCUT2D eigenvalue weighted by Gasteiger charge is 2.37. The van der Waals surface area contributed by atoms with Crippen molar-refractivity contribution in [1.29, 1.82) is 0 Å². The first-order valence-electron chi connectivity index (χ1n) is 5.85. The molecule has 0 saturated heterocycles. The van der Waals surface area contributed by atoms with Gasteiger partial charge in [0.05, 0.1) is 5.02 Å². The maximum Gasteiger partial charge on any atom is 0.324 e. The summed E-state index contributed by atoms with van der Waals surface area (Å²) < 4.78 is 26.7. The first-order valence-corrected chi connectivity index (χ1v) is 8.09. The van der Waals surface area contributed by atoms with E-state index >= 15 is 0 Å². The zero-order chi connectivity index (χ0) is 15.6. The highest BCUT2D eigenvalue weighted by molar-refractivity contribution is 7.89. The molecule has 2 N–H and O–H groups in total. The summed E-state index contributed by atoms with van der Waals surface area (Å²) in [5, 5.41) is 9.39. The van der Waals surface area contributed by atoms with Gasteiger partial charge in [0.15, 0.2) is 0 Å². The average Bonchev–Trinajstić information content (AvgIpc) is 2.31. The lowest BCUT2D eigenvalue weighted by Gasteiger charge is -2.25. The van der Waals surface area contributed by atoms with Crippen LogP contribution in [-0.2, 0) is 14.8 Å². The first-order chi connectivity index (χ1) is 9.12. The van der Waals surface area contributed by atoms with Crippen molar-refractivity contribution in [2.45, 2.75) is 37.1 Å². The van der Waals surface area contributed by atoms with Crippen LogP contribution in [-0.4, -0.2) is 25.0 Å². The van der Waals surface area contributed by atoms with E-state index in [1.807, 2.05) is 0 Å². The minimum atomic E-state index is -4.09. The van der Waals surface area contributed by atoms with Crippen LogP contribution < -0.4 is 4.72 Å². The Bertz CT molecular complexity index is 618. The quantitative estimate of drug-likeness (QED) is 0.834. The summed E-state index contributed by atoms with van der Waals surface area (Å²) in [6.07, 6.45) is 0.661. The van der Waals surface area contributed by atoms with Crippen LogP contribution in [0.4, 0.5) is 0 Å². The van der Waals surface area contributed by atoms with Crippen LogP contribution in [0, 0.1) is 0 Å². The smallest absolute Gasteiger partial charge is 0.324 e. The summed E-state index contributed by atoms with van der Waals surface area (Å²) in [4.78, 5) is 11.0. The minimum Gasteiger partial charge on any atom is -0.480 e. The van der Waals surface area contributed by atoms with Gasteiger partial charge in [0, 0.05) is 5.02 Å². The highest BCUT2D eigenvalue weighted by atomic mass is 35.5. The molecule has 1 atom stereocenters. The van der Waals surface area contributed by atoms with Crippen molar-refractivity contribution in [1.82, 2.24) is 4.72 Å². The van der Waals surface area contributed by atoms with Gasteiger partial charge in [-0.3, -0.25) is 4.79 Å². The van der Waals surface area contributed by atoms with Crippen molar-refractivity contribution in [3.8, 4) is 0 Å². The van der Waals surface area contributed by atoms with Gasteiger partial charge < -0.3 is 5.11 Å². The molecule has 0 heterocycles. The topological polar surface area (TPSA) is 83.5 Å². The molecule has 1 aromatic carbocycles. The number of aliphatic carboxylic acids is 1. The fraction of sp³-hybridized carbons (Fsp3) is 0.417. The molecule has 1 rings (SSSR count). The lowest BCUT2D eigenvalue weighted by atomic mass is 9.98. The van der Waals surface area contributed by atoms with Gasteiger partial charge in [0.2, 0.25) is 10.0 Å². The van der Waals surface area contributed by atoms with Crippen LogP contribution in [0.15, 0.2) is 23.1 Å². The predicted octanol–water partition coefficient (Wildman–Crippen LogP) is 2.92. The van der Waals surface area contributed by atoms with Crippen molar-refractivity contribution < 1.29 is 18.3 Å². The Labute approximate surface area is 127 Å². The van der Waals surface area contributed by atoms with Gasteiger partial charge in [-0.2, -0.15) is 4.72 Å². The average molecular weight is 340 g/mol. The molecule has 0 aliphatic carbocycles. The second-order valence-corrected chi connectivity index (χ2v) is 7.06. The second kappa shape index (κ2) is 6.30. The number of nitrogens with one attached hydrogen (secondary N) is 1. The van der Waals surface area contributed by atoms with Gasteiger partial charge in [0.1, 0.15) is 10.4 Å². The van der Waals surface area contributed by atoms with Gasteiger partial charge in [-0.15, -0.1) is 0 Å². The van der Waals surface area contributed by atoms with E-state index in [0.29, 0.717) is 6.42 Å². The zero-order valence-corrected chi connectivity index (χ0v) is 13.3. The van der Waals surface area contributed by atoms with E-state index in [4.69, 9.17) is 23.2 Å². The Morgan fingerprint density at radius 1 is 1.40 bits per heavy atom. The molecule has 0 spiro atoms. The molecule has 5 nitrogen and oxygen atoms in total. The maximum atomic E-state index is 12.3. The van der Waals surface area contributed by atoms with E-state index in [0.717, 1.165) is 0 Å². The fourth-order valence-electron chi connectivity index (χ4n) is 1.74. The molecule has 0 radical (unpaired) electrons. The molecule has 0 saturated carbocycles. The van der Waals surface area contributed by atoms with Crippen molar-refractivity contribution >= 4 is 39.2 Å². The molecule has 0 fully saturated rings. The van der Waals surface area contributed by atoms with E-state index in [9.17, 15) is 18.3 Å².